The summed E-state index contributed by atoms with van der Waals surface area (Å²) in [5.41, 5.74) is 0.634. The minimum Gasteiger partial charge on any atom is -0.341 e. The first-order valence-electron chi connectivity index (χ1n) is 9.04. The molecule has 4 rings (SSSR count). The van der Waals surface area contributed by atoms with E-state index >= 15 is 0 Å². The molecule has 3 heterocycles. The molecule has 8 nitrogen and oxygen atoms in total. The van der Waals surface area contributed by atoms with Crippen LogP contribution < -0.4 is 15.8 Å². The van der Waals surface area contributed by atoms with E-state index in [0.717, 1.165) is 25.9 Å². The summed E-state index contributed by atoms with van der Waals surface area (Å²) in [6.45, 7) is 1.48. The zero-order chi connectivity index (χ0) is 19.5. The number of nitrogens with zero attached hydrogens (tertiary/aromatic N) is 5. The highest BCUT2D eigenvalue weighted by Crippen LogP contribution is 2.27. The number of rotatable bonds is 4. The summed E-state index contributed by atoms with van der Waals surface area (Å²) < 4.78 is 13.2. The summed E-state index contributed by atoms with van der Waals surface area (Å²) in [6.07, 6.45) is 3.83. The molecule has 28 heavy (non-hydrogen) atoms. The SMILES string of the molecule is N#CCC1CCN(c2nc(Nc3ccc(F)cc3)c3c(=O)[nH]ncc3n2)CC1. The second-order valence-corrected chi connectivity index (χ2v) is 6.76. The van der Waals surface area contributed by atoms with Crippen LogP contribution >= 0.6 is 0 Å². The van der Waals surface area contributed by atoms with Gasteiger partial charge in [0.25, 0.3) is 5.56 Å². The number of anilines is 3. The van der Waals surface area contributed by atoms with Gasteiger partial charge in [-0.05, 0) is 43.0 Å². The third-order valence-corrected chi connectivity index (χ3v) is 4.89. The van der Waals surface area contributed by atoms with Gasteiger partial charge in [0.2, 0.25) is 5.95 Å². The van der Waals surface area contributed by atoms with Crippen molar-refractivity contribution >= 4 is 28.4 Å². The molecular formula is C19H18FN7O. The Kier molecular flexibility index (Phi) is 4.85. The van der Waals surface area contributed by atoms with Gasteiger partial charge in [0.05, 0.1) is 12.3 Å². The number of hydrogen-bond donors (Lipinski definition) is 2. The number of piperidine rings is 1. The lowest BCUT2D eigenvalue weighted by atomic mass is 9.94. The van der Waals surface area contributed by atoms with Crippen LogP contribution in [0.25, 0.3) is 10.9 Å². The van der Waals surface area contributed by atoms with Gasteiger partial charge < -0.3 is 10.2 Å². The van der Waals surface area contributed by atoms with Crippen LogP contribution in [-0.4, -0.2) is 33.3 Å². The molecule has 0 spiro atoms. The number of H-pyrrole nitrogens is 1. The lowest BCUT2D eigenvalue weighted by molar-refractivity contribution is 0.409. The van der Waals surface area contributed by atoms with Crippen LogP contribution in [0.4, 0.5) is 21.8 Å². The average Bonchev–Trinajstić information content (AvgIpc) is 2.70. The molecular weight excluding hydrogens is 361 g/mol. The van der Waals surface area contributed by atoms with Crippen molar-refractivity contribution in [1.82, 2.24) is 20.2 Å². The quantitative estimate of drug-likeness (QED) is 0.717. The van der Waals surface area contributed by atoms with Crippen molar-refractivity contribution in [3.63, 3.8) is 0 Å². The Bertz CT molecular complexity index is 1080. The first kappa shape index (κ1) is 17.9. The molecule has 1 aliphatic heterocycles. The van der Waals surface area contributed by atoms with Crippen molar-refractivity contribution in [2.24, 2.45) is 5.92 Å². The van der Waals surface area contributed by atoms with Crippen LogP contribution in [0, 0.1) is 23.1 Å². The average molecular weight is 379 g/mol. The van der Waals surface area contributed by atoms with Gasteiger partial charge in [-0.1, -0.05) is 0 Å². The molecule has 1 fully saturated rings. The maximum atomic E-state index is 13.2. The third kappa shape index (κ3) is 3.62. The van der Waals surface area contributed by atoms with E-state index in [9.17, 15) is 9.18 Å². The Balaban J connectivity index is 1.70. The summed E-state index contributed by atoms with van der Waals surface area (Å²) in [7, 11) is 0. The first-order chi connectivity index (χ1) is 13.6. The molecule has 0 saturated carbocycles. The van der Waals surface area contributed by atoms with E-state index < -0.39 is 5.56 Å². The smallest absolute Gasteiger partial charge is 0.277 e. The molecule has 0 radical (unpaired) electrons. The molecule has 0 atom stereocenters. The lowest BCUT2D eigenvalue weighted by Gasteiger charge is -2.31. The fraction of sp³-hybridized carbons (Fsp3) is 0.316. The van der Waals surface area contributed by atoms with Gasteiger partial charge in [0.1, 0.15) is 22.5 Å². The Hall–Kier alpha value is -3.54. The van der Waals surface area contributed by atoms with Crippen LogP contribution in [0.5, 0.6) is 0 Å². The zero-order valence-corrected chi connectivity index (χ0v) is 15.0. The molecule has 2 N–H and O–H groups in total. The molecule has 1 saturated heterocycles. The molecule has 0 bridgehead atoms. The van der Waals surface area contributed by atoms with Crippen LogP contribution in [0.3, 0.4) is 0 Å². The summed E-state index contributed by atoms with van der Waals surface area (Å²) >= 11 is 0. The number of halogens is 1. The number of aromatic nitrogens is 4. The van der Waals surface area contributed by atoms with Crippen molar-refractivity contribution in [3.05, 3.63) is 46.6 Å². The fourth-order valence-corrected chi connectivity index (χ4v) is 3.36. The van der Waals surface area contributed by atoms with E-state index in [-0.39, 0.29) is 5.82 Å². The fourth-order valence-electron chi connectivity index (χ4n) is 3.36. The number of benzene rings is 1. The summed E-state index contributed by atoms with van der Waals surface area (Å²) in [5, 5.41) is 18.5. The molecule has 9 heteroatoms. The van der Waals surface area contributed by atoms with Gasteiger partial charge in [-0.15, -0.1) is 0 Å². The second-order valence-electron chi connectivity index (χ2n) is 6.76. The van der Waals surface area contributed by atoms with Gasteiger partial charge in [-0.2, -0.15) is 15.3 Å². The Labute approximate surface area is 160 Å². The number of nitriles is 1. The van der Waals surface area contributed by atoms with E-state index in [2.05, 4.69) is 31.6 Å². The summed E-state index contributed by atoms with van der Waals surface area (Å²) in [4.78, 5) is 23.4. The van der Waals surface area contributed by atoms with Gasteiger partial charge >= 0.3 is 0 Å². The van der Waals surface area contributed by atoms with Gasteiger partial charge in [-0.25, -0.2) is 14.5 Å². The van der Waals surface area contributed by atoms with E-state index in [1.807, 2.05) is 4.90 Å². The third-order valence-electron chi connectivity index (χ3n) is 4.89. The molecule has 1 aromatic carbocycles. The van der Waals surface area contributed by atoms with E-state index in [0.29, 0.717) is 40.7 Å². The monoisotopic (exact) mass is 379 g/mol. The van der Waals surface area contributed by atoms with Crippen molar-refractivity contribution in [1.29, 1.82) is 5.26 Å². The minimum absolute atomic E-state index is 0.294. The molecule has 3 aromatic rings. The van der Waals surface area contributed by atoms with Gasteiger partial charge in [0.15, 0.2) is 0 Å². The van der Waals surface area contributed by atoms with Crippen LogP contribution in [0.15, 0.2) is 35.3 Å². The number of hydrogen-bond acceptors (Lipinski definition) is 7. The molecule has 0 unspecified atom stereocenters. The zero-order valence-electron chi connectivity index (χ0n) is 15.0. The minimum atomic E-state index is -0.401. The molecule has 0 aliphatic carbocycles. The Morgan fingerprint density at radius 1 is 1.25 bits per heavy atom. The highest BCUT2D eigenvalue weighted by atomic mass is 19.1. The second kappa shape index (κ2) is 7.60. The molecule has 2 aromatic heterocycles. The van der Waals surface area contributed by atoms with E-state index in [1.54, 1.807) is 12.1 Å². The summed E-state index contributed by atoms with van der Waals surface area (Å²) in [6, 6.07) is 8.04. The van der Waals surface area contributed by atoms with Crippen molar-refractivity contribution in [2.45, 2.75) is 19.3 Å². The Morgan fingerprint density at radius 2 is 2.00 bits per heavy atom. The van der Waals surface area contributed by atoms with Crippen LogP contribution in [0.2, 0.25) is 0 Å². The first-order valence-corrected chi connectivity index (χ1v) is 9.04. The predicted octanol–water partition coefficient (Wildman–Crippen LogP) is 2.73. The van der Waals surface area contributed by atoms with Crippen LogP contribution in [0.1, 0.15) is 19.3 Å². The topological polar surface area (TPSA) is 111 Å². The summed E-state index contributed by atoms with van der Waals surface area (Å²) in [5.74, 6) is 0.887. The molecule has 142 valence electrons. The number of nitrogens with one attached hydrogen (secondary N) is 2. The van der Waals surface area contributed by atoms with Gasteiger partial charge in [-0.3, -0.25) is 4.79 Å². The van der Waals surface area contributed by atoms with E-state index in [1.165, 1.54) is 18.3 Å². The van der Waals surface area contributed by atoms with Crippen LogP contribution in [-0.2, 0) is 0 Å². The standard InChI is InChI=1S/C19H18FN7O/c20-13-1-3-14(4-2-13)23-17-16-15(11-22-26-18(16)28)24-19(25-17)27-9-6-12(5-8-21)7-10-27/h1-4,11-12H,5-7,9-10H2,(H,26,28)(H,23,24,25). The molecule has 0 amide bonds. The van der Waals surface area contributed by atoms with Gasteiger partial charge in [0, 0.05) is 25.2 Å². The normalized spacial score (nSPS) is 14.8. The lowest BCUT2D eigenvalue weighted by Crippen LogP contribution is -2.35. The maximum absolute atomic E-state index is 13.2. The van der Waals surface area contributed by atoms with E-state index in [4.69, 9.17) is 5.26 Å². The highest BCUT2D eigenvalue weighted by molar-refractivity contribution is 5.90. The van der Waals surface area contributed by atoms with Crippen molar-refractivity contribution in [2.75, 3.05) is 23.3 Å². The number of aromatic amines is 1. The van der Waals surface area contributed by atoms with Crippen molar-refractivity contribution < 1.29 is 4.39 Å². The van der Waals surface area contributed by atoms with Crippen molar-refractivity contribution in [3.8, 4) is 6.07 Å². The molecule has 1 aliphatic rings. The maximum Gasteiger partial charge on any atom is 0.277 e. The largest absolute Gasteiger partial charge is 0.341 e. The Morgan fingerprint density at radius 3 is 2.71 bits per heavy atom. The number of fused-ring (bicyclic) bond motifs is 1. The predicted molar refractivity (Wildman–Crippen MR) is 103 cm³/mol. The highest BCUT2D eigenvalue weighted by Gasteiger charge is 2.22.